The third-order valence-electron chi connectivity index (χ3n) is 7.41. The predicted octanol–water partition coefficient (Wildman–Crippen LogP) is 3.56. The maximum atomic E-state index is 13.4. The van der Waals surface area contributed by atoms with Crippen LogP contribution in [0.2, 0.25) is 0 Å². The standard InChI is InChI=1S/C27H31N3O5S/c1-2-35-27(34)18-10-13-28(14-11-18)24(31)19-6-4-12-29(16-19)22-9-3-8-21-23(22)26(33)30(25(21)32)17-20-7-5-15-36-20/h3,5,7-9,15,18-19H,2,4,6,10-14,16-17H2,1H3/t19-/m1/s1. The van der Waals surface area contributed by atoms with E-state index in [0.717, 1.165) is 30.0 Å². The topological polar surface area (TPSA) is 87.2 Å². The molecule has 4 heterocycles. The van der Waals surface area contributed by atoms with Crippen molar-refractivity contribution >= 4 is 40.7 Å². The molecular formula is C27H31N3O5S. The minimum absolute atomic E-state index is 0.108. The summed E-state index contributed by atoms with van der Waals surface area (Å²) in [7, 11) is 0. The highest BCUT2D eigenvalue weighted by molar-refractivity contribution is 7.09. The number of carbonyl (C=O) groups is 4. The number of rotatable bonds is 6. The zero-order chi connectivity index (χ0) is 25.2. The highest BCUT2D eigenvalue weighted by Gasteiger charge is 2.40. The first-order chi connectivity index (χ1) is 17.5. The number of hydrogen-bond donors (Lipinski definition) is 0. The van der Waals surface area contributed by atoms with Crippen molar-refractivity contribution in [1.29, 1.82) is 0 Å². The zero-order valence-electron chi connectivity index (χ0n) is 20.5. The lowest BCUT2D eigenvalue weighted by atomic mass is 9.92. The minimum Gasteiger partial charge on any atom is -0.466 e. The Kier molecular flexibility index (Phi) is 7.09. The van der Waals surface area contributed by atoms with Crippen LogP contribution in [-0.4, -0.2) is 66.3 Å². The van der Waals surface area contributed by atoms with Gasteiger partial charge < -0.3 is 14.5 Å². The second kappa shape index (κ2) is 10.4. The third-order valence-corrected chi connectivity index (χ3v) is 8.27. The van der Waals surface area contributed by atoms with E-state index in [1.54, 1.807) is 13.0 Å². The molecule has 1 aromatic carbocycles. The number of benzene rings is 1. The average molecular weight is 510 g/mol. The Morgan fingerprint density at radius 3 is 2.53 bits per heavy atom. The van der Waals surface area contributed by atoms with Crippen LogP contribution in [0.15, 0.2) is 35.7 Å². The van der Waals surface area contributed by atoms with E-state index in [4.69, 9.17) is 4.74 Å². The van der Waals surface area contributed by atoms with Crippen molar-refractivity contribution < 1.29 is 23.9 Å². The van der Waals surface area contributed by atoms with Crippen LogP contribution < -0.4 is 4.90 Å². The predicted molar refractivity (Wildman–Crippen MR) is 136 cm³/mol. The number of esters is 1. The van der Waals surface area contributed by atoms with Gasteiger partial charge in [0.05, 0.1) is 41.8 Å². The van der Waals surface area contributed by atoms with Crippen LogP contribution in [0.1, 0.15) is 58.2 Å². The number of ether oxygens (including phenoxy) is 1. The fraction of sp³-hybridized carbons (Fsp3) is 0.481. The van der Waals surface area contributed by atoms with Crippen LogP contribution in [-0.2, 0) is 20.9 Å². The third kappa shape index (κ3) is 4.64. The number of anilines is 1. The molecule has 0 radical (unpaired) electrons. The van der Waals surface area contributed by atoms with E-state index in [0.29, 0.717) is 50.2 Å². The molecule has 1 aromatic heterocycles. The maximum absolute atomic E-state index is 13.4. The SMILES string of the molecule is CCOC(=O)C1CCN(C(=O)[C@@H]2CCCN(c3cccc4c3C(=O)N(Cc3cccs3)C4=O)C2)CC1. The molecule has 0 saturated carbocycles. The Labute approximate surface area is 214 Å². The molecule has 190 valence electrons. The lowest BCUT2D eigenvalue weighted by molar-refractivity contribution is -0.151. The molecule has 8 nitrogen and oxygen atoms in total. The lowest BCUT2D eigenvalue weighted by Crippen LogP contribution is -2.48. The Balaban J connectivity index is 1.28. The first kappa shape index (κ1) is 24.5. The van der Waals surface area contributed by atoms with Gasteiger partial charge in [-0.1, -0.05) is 12.1 Å². The number of fused-ring (bicyclic) bond motifs is 1. The highest BCUT2D eigenvalue weighted by Crippen LogP contribution is 2.35. The summed E-state index contributed by atoms with van der Waals surface area (Å²) in [5.41, 5.74) is 1.61. The Morgan fingerprint density at radius 1 is 1.00 bits per heavy atom. The van der Waals surface area contributed by atoms with E-state index >= 15 is 0 Å². The number of carbonyl (C=O) groups excluding carboxylic acids is 4. The number of likely N-dealkylation sites (tertiary alicyclic amines) is 1. The summed E-state index contributed by atoms with van der Waals surface area (Å²) in [5.74, 6) is -0.907. The molecule has 2 saturated heterocycles. The van der Waals surface area contributed by atoms with Crippen molar-refractivity contribution in [3.8, 4) is 0 Å². The molecule has 2 aromatic rings. The van der Waals surface area contributed by atoms with Gasteiger partial charge in [0.25, 0.3) is 11.8 Å². The molecule has 3 aliphatic heterocycles. The molecule has 5 rings (SSSR count). The summed E-state index contributed by atoms with van der Waals surface area (Å²) in [6.07, 6.45) is 2.88. The van der Waals surface area contributed by atoms with Gasteiger partial charge >= 0.3 is 5.97 Å². The van der Waals surface area contributed by atoms with Gasteiger partial charge in [0.1, 0.15) is 0 Å². The average Bonchev–Trinajstić information content (AvgIpc) is 3.51. The fourth-order valence-corrected chi connectivity index (χ4v) is 6.23. The van der Waals surface area contributed by atoms with Gasteiger partial charge in [-0.25, -0.2) is 0 Å². The summed E-state index contributed by atoms with van der Waals surface area (Å²) in [6.45, 7) is 4.81. The van der Waals surface area contributed by atoms with Gasteiger partial charge in [-0.3, -0.25) is 24.1 Å². The summed E-state index contributed by atoms with van der Waals surface area (Å²) in [5, 5.41) is 1.93. The Hall–Kier alpha value is -3.20. The molecule has 0 N–H and O–H groups in total. The number of hydrogen-bond acceptors (Lipinski definition) is 7. The van der Waals surface area contributed by atoms with E-state index in [1.807, 2.05) is 34.5 Å². The Bertz CT molecular complexity index is 1160. The zero-order valence-corrected chi connectivity index (χ0v) is 21.3. The molecule has 0 bridgehead atoms. The number of amides is 3. The van der Waals surface area contributed by atoms with Crippen molar-refractivity contribution in [2.24, 2.45) is 11.8 Å². The van der Waals surface area contributed by atoms with Crippen LogP contribution in [0, 0.1) is 11.8 Å². The first-order valence-electron chi connectivity index (χ1n) is 12.7. The van der Waals surface area contributed by atoms with Gasteiger partial charge in [0.2, 0.25) is 5.91 Å². The van der Waals surface area contributed by atoms with Gasteiger partial charge in [-0.2, -0.15) is 0 Å². The summed E-state index contributed by atoms with van der Waals surface area (Å²) < 4.78 is 5.14. The van der Waals surface area contributed by atoms with E-state index in [-0.39, 0.29) is 42.1 Å². The largest absolute Gasteiger partial charge is 0.466 e. The van der Waals surface area contributed by atoms with E-state index in [1.165, 1.54) is 16.2 Å². The molecule has 9 heteroatoms. The highest BCUT2D eigenvalue weighted by atomic mass is 32.1. The molecule has 0 spiro atoms. The van der Waals surface area contributed by atoms with Crippen molar-refractivity contribution in [2.75, 3.05) is 37.7 Å². The molecule has 3 aliphatic rings. The number of thiophene rings is 1. The lowest BCUT2D eigenvalue weighted by Gasteiger charge is -2.38. The fourth-order valence-electron chi connectivity index (χ4n) is 5.53. The second-order valence-corrected chi connectivity index (χ2v) is 10.6. The number of imide groups is 1. The van der Waals surface area contributed by atoms with Gasteiger partial charge in [-0.15, -0.1) is 11.3 Å². The molecule has 2 fully saturated rings. The normalized spacial score (nSPS) is 20.6. The smallest absolute Gasteiger partial charge is 0.309 e. The monoisotopic (exact) mass is 509 g/mol. The van der Waals surface area contributed by atoms with Crippen molar-refractivity contribution in [3.63, 3.8) is 0 Å². The molecule has 0 aliphatic carbocycles. The molecule has 0 unspecified atom stereocenters. The molecule has 3 amide bonds. The van der Waals surface area contributed by atoms with Crippen molar-refractivity contribution in [3.05, 3.63) is 51.7 Å². The maximum Gasteiger partial charge on any atom is 0.309 e. The molecular weight excluding hydrogens is 478 g/mol. The summed E-state index contributed by atoms with van der Waals surface area (Å²) in [4.78, 5) is 58.1. The minimum atomic E-state index is -0.270. The first-order valence-corrected chi connectivity index (χ1v) is 13.6. The van der Waals surface area contributed by atoms with E-state index in [9.17, 15) is 19.2 Å². The molecule has 36 heavy (non-hydrogen) atoms. The van der Waals surface area contributed by atoms with E-state index < -0.39 is 0 Å². The summed E-state index contributed by atoms with van der Waals surface area (Å²) >= 11 is 1.52. The number of nitrogens with zero attached hydrogens (tertiary/aromatic N) is 3. The number of piperidine rings is 2. The van der Waals surface area contributed by atoms with Gasteiger partial charge in [-0.05, 0) is 56.2 Å². The Morgan fingerprint density at radius 2 is 1.81 bits per heavy atom. The van der Waals surface area contributed by atoms with Crippen molar-refractivity contribution in [1.82, 2.24) is 9.80 Å². The van der Waals surface area contributed by atoms with E-state index in [2.05, 4.69) is 4.90 Å². The quantitative estimate of drug-likeness (QED) is 0.437. The van der Waals surface area contributed by atoms with Crippen LogP contribution in [0.25, 0.3) is 0 Å². The second-order valence-electron chi connectivity index (χ2n) is 9.61. The van der Waals surface area contributed by atoms with Gasteiger partial charge in [0, 0.05) is 31.1 Å². The van der Waals surface area contributed by atoms with Crippen LogP contribution in [0.4, 0.5) is 5.69 Å². The summed E-state index contributed by atoms with van der Waals surface area (Å²) in [6, 6.07) is 9.25. The molecule has 1 atom stereocenters. The van der Waals surface area contributed by atoms with Crippen molar-refractivity contribution in [2.45, 2.75) is 39.2 Å². The van der Waals surface area contributed by atoms with Gasteiger partial charge in [0.15, 0.2) is 0 Å². The van der Waals surface area contributed by atoms with Crippen LogP contribution in [0.5, 0.6) is 0 Å². The van der Waals surface area contributed by atoms with Crippen LogP contribution in [0.3, 0.4) is 0 Å². The van der Waals surface area contributed by atoms with Crippen LogP contribution >= 0.6 is 11.3 Å².